The molecule has 0 spiro atoms. The molecule has 1 heterocycles. The largest absolute Gasteiger partial charge is 0.429 e. The van der Waals surface area contributed by atoms with E-state index in [0.29, 0.717) is 6.01 Å². The van der Waals surface area contributed by atoms with Crippen molar-refractivity contribution in [3.05, 3.63) is 11.5 Å². The van der Waals surface area contributed by atoms with Crippen LogP contribution in [0.2, 0.25) is 0 Å². The Kier molecular flexibility index (Phi) is 1.37. The van der Waals surface area contributed by atoms with Crippen molar-refractivity contribution < 1.29 is 4.42 Å². The lowest BCUT2D eigenvalue weighted by Gasteiger charge is -2.14. The fourth-order valence-corrected chi connectivity index (χ4v) is 1.57. The van der Waals surface area contributed by atoms with Crippen LogP contribution in [0.15, 0.2) is 4.42 Å². The van der Waals surface area contributed by atoms with Gasteiger partial charge in [-0.05, 0) is 18.8 Å². The quantitative estimate of drug-likeness (QED) is 0.611. The summed E-state index contributed by atoms with van der Waals surface area (Å²) in [5, 5.41) is 0. The predicted octanol–water partition coefficient (Wildman–Crippen LogP) is 1.38. The maximum Gasteiger partial charge on any atom is 0.292 e. The van der Waals surface area contributed by atoms with Crippen LogP contribution in [0, 0.1) is 5.92 Å². The first-order valence-electron chi connectivity index (χ1n) is 4.00. The average molecular weight is 152 g/mol. The lowest BCUT2D eigenvalue weighted by atomic mass is 9.92. The zero-order chi connectivity index (χ0) is 7.84. The maximum absolute atomic E-state index is 5.43. The molecule has 2 N–H and O–H groups in total. The molecule has 0 radical (unpaired) electrons. The third-order valence-electron chi connectivity index (χ3n) is 2.20. The van der Waals surface area contributed by atoms with Crippen LogP contribution in [0.5, 0.6) is 0 Å². The van der Waals surface area contributed by atoms with E-state index in [2.05, 4.69) is 11.9 Å². The summed E-state index contributed by atoms with van der Waals surface area (Å²) in [5.74, 6) is 1.73. The molecule has 2 rings (SSSR count). The van der Waals surface area contributed by atoms with Crippen LogP contribution in [-0.2, 0) is 12.8 Å². The monoisotopic (exact) mass is 152 g/mol. The SMILES string of the molecule is C[C@@H]1CCc2oc(N)nc2C1. The molecule has 0 saturated heterocycles. The van der Waals surface area contributed by atoms with Crippen molar-refractivity contribution in [2.75, 3.05) is 5.73 Å². The molecule has 60 valence electrons. The molecule has 0 saturated carbocycles. The normalized spacial score (nSPS) is 23.2. The number of fused-ring (bicyclic) bond motifs is 1. The molecular formula is C8H12N2O. The molecule has 1 aromatic heterocycles. The van der Waals surface area contributed by atoms with Crippen molar-refractivity contribution in [1.82, 2.24) is 4.98 Å². The Morgan fingerprint density at radius 3 is 3.27 bits per heavy atom. The van der Waals surface area contributed by atoms with Gasteiger partial charge in [0, 0.05) is 6.42 Å². The summed E-state index contributed by atoms with van der Waals surface area (Å²) < 4.78 is 5.22. The van der Waals surface area contributed by atoms with E-state index in [1.165, 1.54) is 6.42 Å². The summed E-state index contributed by atoms with van der Waals surface area (Å²) in [6.07, 6.45) is 3.22. The van der Waals surface area contributed by atoms with Gasteiger partial charge in [0.25, 0.3) is 6.01 Å². The standard InChI is InChI=1S/C8H12N2O/c1-5-2-3-7-6(4-5)10-8(9)11-7/h5H,2-4H2,1H3,(H2,9,10)/t5-/m1/s1. The van der Waals surface area contributed by atoms with Gasteiger partial charge in [0.05, 0.1) is 5.69 Å². The van der Waals surface area contributed by atoms with E-state index in [1.807, 2.05) is 0 Å². The smallest absolute Gasteiger partial charge is 0.292 e. The molecule has 0 aromatic carbocycles. The molecule has 0 amide bonds. The maximum atomic E-state index is 5.43. The van der Waals surface area contributed by atoms with Gasteiger partial charge in [-0.2, -0.15) is 4.98 Å². The van der Waals surface area contributed by atoms with Crippen molar-refractivity contribution in [2.24, 2.45) is 5.92 Å². The lowest BCUT2D eigenvalue weighted by Crippen LogP contribution is -2.09. The van der Waals surface area contributed by atoms with E-state index in [9.17, 15) is 0 Å². The minimum absolute atomic E-state index is 0.323. The van der Waals surface area contributed by atoms with Gasteiger partial charge in [0.1, 0.15) is 5.76 Å². The predicted molar refractivity (Wildman–Crippen MR) is 42.1 cm³/mol. The number of hydrogen-bond donors (Lipinski definition) is 1. The van der Waals surface area contributed by atoms with E-state index >= 15 is 0 Å². The Labute approximate surface area is 65.6 Å². The van der Waals surface area contributed by atoms with Crippen LogP contribution < -0.4 is 5.73 Å². The van der Waals surface area contributed by atoms with Crippen LogP contribution in [0.4, 0.5) is 6.01 Å². The molecule has 1 aromatic rings. The van der Waals surface area contributed by atoms with Gasteiger partial charge in [-0.25, -0.2) is 0 Å². The van der Waals surface area contributed by atoms with Gasteiger partial charge in [0.15, 0.2) is 0 Å². The first-order valence-corrected chi connectivity index (χ1v) is 4.00. The first kappa shape index (κ1) is 6.70. The third kappa shape index (κ3) is 1.11. The molecule has 0 fully saturated rings. The third-order valence-corrected chi connectivity index (χ3v) is 2.20. The number of rotatable bonds is 0. The average Bonchev–Trinajstić information content (AvgIpc) is 2.27. The molecule has 0 unspecified atom stereocenters. The van der Waals surface area contributed by atoms with Crippen molar-refractivity contribution in [3.63, 3.8) is 0 Å². The number of aryl methyl sites for hydroxylation is 1. The topological polar surface area (TPSA) is 52.0 Å². The second-order valence-corrected chi connectivity index (χ2v) is 3.27. The summed E-state index contributed by atoms with van der Waals surface area (Å²) in [6.45, 7) is 2.23. The molecule has 3 nitrogen and oxygen atoms in total. The zero-order valence-electron chi connectivity index (χ0n) is 6.63. The van der Waals surface area contributed by atoms with Gasteiger partial charge < -0.3 is 10.2 Å². The van der Waals surface area contributed by atoms with E-state index in [-0.39, 0.29) is 0 Å². The second kappa shape index (κ2) is 2.26. The first-order chi connectivity index (χ1) is 5.25. The number of nitrogen functional groups attached to an aromatic ring is 1. The number of anilines is 1. The molecule has 1 atom stereocenters. The summed E-state index contributed by atoms with van der Waals surface area (Å²) in [5.41, 5.74) is 6.50. The van der Waals surface area contributed by atoms with Crippen LogP contribution in [0.1, 0.15) is 24.8 Å². The van der Waals surface area contributed by atoms with Crippen LogP contribution in [0.3, 0.4) is 0 Å². The Morgan fingerprint density at radius 1 is 1.64 bits per heavy atom. The zero-order valence-corrected chi connectivity index (χ0v) is 6.63. The number of oxazole rings is 1. The Hall–Kier alpha value is -0.990. The molecule has 0 aliphatic heterocycles. The Balaban J connectivity index is 2.34. The van der Waals surface area contributed by atoms with Gasteiger partial charge >= 0.3 is 0 Å². The Morgan fingerprint density at radius 2 is 2.45 bits per heavy atom. The minimum Gasteiger partial charge on any atom is -0.429 e. The number of hydrogen-bond acceptors (Lipinski definition) is 3. The van der Waals surface area contributed by atoms with Gasteiger partial charge in [-0.15, -0.1) is 0 Å². The van der Waals surface area contributed by atoms with Crippen molar-refractivity contribution in [2.45, 2.75) is 26.2 Å². The molecule has 0 bridgehead atoms. The second-order valence-electron chi connectivity index (χ2n) is 3.27. The molecule has 1 aliphatic rings. The molecular weight excluding hydrogens is 140 g/mol. The van der Waals surface area contributed by atoms with Crippen molar-refractivity contribution >= 4 is 6.01 Å². The van der Waals surface area contributed by atoms with Crippen LogP contribution >= 0.6 is 0 Å². The highest BCUT2D eigenvalue weighted by molar-refractivity contribution is 5.22. The molecule has 1 aliphatic carbocycles. The fourth-order valence-electron chi connectivity index (χ4n) is 1.57. The number of aromatic nitrogens is 1. The summed E-state index contributed by atoms with van der Waals surface area (Å²) in [7, 11) is 0. The van der Waals surface area contributed by atoms with E-state index in [4.69, 9.17) is 10.2 Å². The highest BCUT2D eigenvalue weighted by Gasteiger charge is 2.20. The van der Waals surface area contributed by atoms with E-state index in [0.717, 1.165) is 30.2 Å². The summed E-state index contributed by atoms with van der Waals surface area (Å²) in [6, 6.07) is 0.323. The van der Waals surface area contributed by atoms with Gasteiger partial charge in [0.2, 0.25) is 0 Å². The van der Waals surface area contributed by atoms with Gasteiger partial charge in [-0.3, -0.25) is 0 Å². The summed E-state index contributed by atoms with van der Waals surface area (Å²) in [4.78, 5) is 4.11. The van der Waals surface area contributed by atoms with Crippen molar-refractivity contribution in [1.29, 1.82) is 0 Å². The molecule has 11 heavy (non-hydrogen) atoms. The summed E-state index contributed by atoms with van der Waals surface area (Å²) >= 11 is 0. The van der Waals surface area contributed by atoms with Gasteiger partial charge in [-0.1, -0.05) is 6.92 Å². The van der Waals surface area contributed by atoms with Crippen molar-refractivity contribution in [3.8, 4) is 0 Å². The minimum atomic E-state index is 0.323. The Bertz CT molecular complexity index is 267. The fraction of sp³-hybridized carbons (Fsp3) is 0.625. The lowest BCUT2D eigenvalue weighted by molar-refractivity contribution is 0.431. The van der Waals surface area contributed by atoms with E-state index in [1.54, 1.807) is 0 Å². The van der Waals surface area contributed by atoms with Crippen LogP contribution in [0.25, 0.3) is 0 Å². The highest BCUT2D eigenvalue weighted by atomic mass is 16.4. The highest BCUT2D eigenvalue weighted by Crippen LogP contribution is 2.25. The number of nitrogens with two attached hydrogens (primary N) is 1. The van der Waals surface area contributed by atoms with E-state index < -0.39 is 0 Å². The number of nitrogens with zero attached hydrogens (tertiary/aromatic N) is 1. The van der Waals surface area contributed by atoms with Crippen LogP contribution in [-0.4, -0.2) is 4.98 Å². The molecule has 3 heteroatoms.